The standard InChI is InChI=1S/C52H32N4S/c1-3-11-34(12-4-1)50-54-51(35-13-5-2-6-14-35)56-52(55-50)36-21-19-33(20-22-36)40-27-28-41(43-16-8-7-15-42(40)43)37-24-29-46-38(31-37)25-30-47(53-46)39-23-26-45-44-17-9-10-18-48(44)57-49(45)32-39/h1-32H. The van der Waals surface area contributed by atoms with Crippen molar-refractivity contribution in [3.63, 3.8) is 0 Å². The first kappa shape index (κ1) is 33.0. The molecule has 0 saturated heterocycles. The van der Waals surface area contributed by atoms with Gasteiger partial charge in [-0.25, -0.2) is 19.9 Å². The zero-order valence-electron chi connectivity index (χ0n) is 30.7. The van der Waals surface area contributed by atoms with Crippen molar-refractivity contribution in [1.82, 2.24) is 19.9 Å². The molecule has 3 heterocycles. The highest BCUT2D eigenvalue weighted by atomic mass is 32.1. The summed E-state index contributed by atoms with van der Waals surface area (Å²) >= 11 is 1.84. The van der Waals surface area contributed by atoms with E-state index in [2.05, 4.69) is 133 Å². The second-order valence-electron chi connectivity index (χ2n) is 14.2. The van der Waals surface area contributed by atoms with Crippen molar-refractivity contribution in [3.05, 3.63) is 194 Å². The smallest absolute Gasteiger partial charge is 0.164 e. The van der Waals surface area contributed by atoms with Crippen molar-refractivity contribution in [1.29, 1.82) is 0 Å². The average molecular weight is 745 g/mol. The van der Waals surface area contributed by atoms with Crippen molar-refractivity contribution in [2.75, 3.05) is 0 Å². The van der Waals surface area contributed by atoms with E-state index in [4.69, 9.17) is 19.9 Å². The van der Waals surface area contributed by atoms with E-state index in [1.807, 2.05) is 72.0 Å². The lowest BCUT2D eigenvalue weighted by molar-refractivity contribution is 1.07. The molecule has 11 aromatic rings. The van der Waals surface area contributed by atoms with E-state index in [9.17, 15) is 0 Å². The van der Waals surface area contributed by atoms with Gasteiger partial charge in [0.25, 0.3) is 0 Å². The molecule has 5 heteroatoms. The molecule has 0 spiro atoms. The summed E-state index contributed by atoms with van der Waals surface area (Å²) < 4.78 is 2.60. The van der Waals surface area contributed by atoms with Crippen LogP contribution in [0.1, 0.15) is 0 Å². The quantitative estimate of drug-likeness (QED) is 0.170. The third-order valence-electron chi connectivity index (χ3n) is 10.8. The Labute approximate surface area is 333 Å². The van der Waals surface area contributed by atoms with Crippen LogP contribution in [0.5, 0.6) is 0 Å². The fraction of sp³-hybridized carbons (Fsp3) is 0. The molecule has 8 aromatic carbocycles. The molecule has 4 nitrogen and oxygen atoms in total. The fourth-order valence-corrected chi connectivity index (χ4v) is 9.02. The first-order valence-electron chi connectivity index (χ1n) is 19.0. The predicted molar refractivity (Wildman–Crippen MR) is 238 cm³/mol. The predicted octanol–water partition coefficient (Wildman–Crippen LogP) is 13.9. The zero-order valence-corrected chi connectivity index (χ0v) is 31.5. The molecule has 0 aliphatic heterocycles. The van der Waals surface area contributed by atoms with Gasteiger partial charge in [-0.3, -0.25) is 0 Å². The molecule has 0 radical (unpaired) electrons. The van der Waals surface area contributed by atoms with Gasteiger partial charge in [0.2, 0.25) is 0 Å². The number of aromatic nitrogens is 4. The van der Waals surface area contributed by atoms with Gasteiger partial charge in [0.1, 0.15) is 0 Å². The SMILES string of the molecule is c1ccc(-c2nc(-c3ccccc3)nc(-c3ccc(-c4ccc(-c5ccc6nc(-c7ccc8c(c7)sc7ccccc78)ccc6c5)c5ccccc45)cc3)n2)cc1. The maximum Gasteiger partial charge on any atom is 0.164 e. The fourth-order valence-electron chi connectivity index (χ4n) is 7.88. The number of hydrogen-bond acceptors (Lipinski definition) is 5. The maximum absolute atomic E-state index is 5.12. The number of hydrogen-bond donors (Lipinski definition) is 0. The molecule has 0 aliphatic carbocycles. The average Bonchev–Trinajstić information content (AvgIpc) is 3.67. The van der Waals surface area contributed by atoms with Gasteiger partial charge in [-0.1, -0.05) is 164 Å². The summed E-state index contributed by atoms with van der Waals surface area (Å²) in [5, 5.41) is 6.14. The molecule has 0 atom stereocenters. The van der Waals surface area contributed by atoms with Crippen molar-refractivity contribution in [2.24, 2.45) is 0 Å². The van der Waals surface area contributed by atoms with Gasteiger partial charge in [0.05, 0.1) is 11.2 Å². The largest absolute Gasteiger partial charge is 0.248 e. The topological polar surface area (TPSA) is 51.6 Å². The van der Waals surface area contributed by atoms with E-state index < -0.39 is 0 Å². The van der Waals surface area contributed by atoms with Gasteiger partial charge in [0, 0.05) is 47.8 Å². The second kappa shape index (κ2) is 13.7. The van der Waals surface area contributed by atoms with E-state index >= 15 is 0 Å². The highest BCUT2D eigenvalue weighted by molar-refractivity contribution is 7.25. The summed E-state index contributed by atoms with van der Waals surface area (Å²) in [6.07, 6.45) is 0. The Balaban J connectivity index is 0.922. The van der Waals surface area contributed by atoms with Crippen LogP contribution in [0.25, 0.3) is 110 Å². The number of thiophene rings is 1. The second-order valence-corrected chi connectivity index (χ2v) is 15.3. The molecular formula is C52H32N4S. The normalized spacial score (nSPS) is 11.5. The zero-order chi connectivity index (χ0) is 37.7. The minimum Gasteiger partial charge on any atom is -0.248 e. The monoisotopic (exact) mass is 744 g/mol. The van der Waals surface area contributed by atoms with Crippen LogP contribution in [0.2, 0.25) is 0 Å². The van der Waals surface area contributed by atoms with Gasteiger partial charge in [-0.15, -0.1) is 11.3 Å². The Hall–Kier alpha value is -7.34. The van der Waals surface area contributed by atoms with Crippen LogP contribution >= 0.6 is 11.3 Å². The summed E-state index contributed by atoms with van der Waals surface area (Å²) in [5.41, 5.74) is 10.6. The highest BCUT2D eigenvalue weighted by Gasteiger charge is 2.15. The molecule has 0 N–H and O–H groups in total. The summed E-state index contributed by atoms with van der Waals surface area (Å²) in [6.45, 7) is 0. The Bertz CT molecular complexity index is 3230. The Morgan fingerprint density at radius 3 is 1.47 bits per heavy atom. The minimum absolute atomic E-state index is 0.643. The summed E-state index contributed by atoms with van der Waals surface area (Å²) in [6, 6.07) is 68.2. The molecule has 57 heavy (non-hydrogen) atoms. The van der Waals surface area contributed by atoms with Crippen LogP contribution in [-0.4, -0.2) is 19.9 Å². The van der Waals surface area contributed by atoms with Gasteiger partial charge >= 0.3 is 0 Å². The molecule has 0 amide bonds. The molecule has 0 bridgehead atoms. The van der Waals surface area contributed by atoms with Gasteiger partial charge in [0.15, 0.2) is 17.5 Å². The van der Waals surface area contributed by atoms with Crippen LogP contribution in [0, 0.1) is 0 Å². The van der Waals surface area contributed by atoms with Gasteiger partial charge in [-0.2, -0.15) is 0 Å². The number of nitrogens with zero attached hydrogens (tertiary/aromatic N) is 4. The molecule has 0 unspecified atom stereocenters. The van der Waals surface area contributed by atoms with Crippen LogP contribution in [-0.2, 0) is 0 Å². The molecule has 0 fully saturated rings. The highest BCUT2D eigenvalue weighted by Crippen LogP contribution is 2.39. The molecular weight excluding hydrogens is 713 g/mol. The van der Waals surface area contributed by atoms with Crippen molar-refractivity contribution >= 4 is 53.2 Å². The third kappa shape index (κ3) is 6.02. The number of pyridine rings is 1. The number of benzene rings is 8. The minimum atomic E-state index is 0.643. The first-order chi connectivity index (χ1) is 28.2. The van der Waals surface area contributed by atoms with Crippen molar-refractivity contribution < 1.29 is 0 Å². The molecule has 3 aromatic heterocycles. The molecule has 11 rings (SSSR count). The summed E-state index contributed by atoms with van der Waals surface area (Å²) in [4.78, 5) is 19.8. The van der Waals surface area contributed by atoms with Gasteiger partial charge in [-0.05, 0) is 63.4 Å². The van der Waals surface area contributed by atoms with E-state index in [0.717, 1.165) is 44.4 Å². The van der Waals surface area contributed by atoms with E-state index in [1.165, 1.54) is 47.6 Å². The summed E-state index contributed by atoms with van der Waals surface area (Å²) in [7, 11) is 0. The van der Waals surface area contributed by atoms with Crippen LogP contribution in [0.3, 0.4) is 0 Å². The van der Waals surface area contributed by atoms with Crippen LogP contribution < -0.4 is 0 Å². The molecule has 266 valence electrons. The summed E-state index contributed by atoms with van der Waals surface area (Å²) in [5.74, 6) is 1.95. The number of fused-ring (bicyclic) bond motifs is 5. The van der Waals surface area contributed by atoms with Crippen molar-refractivity contribution in [2.45, 2.75) is 0 Å². The molecule has 0 aliphatic rings. The lowest BCUT2D eigenvalue weighted by atomic mass is 9.91. The maximum atomic E-state index is 5.12. The van der Waals surface area contributed by atoms with Crippen LogP contribution in [0.4, 0.5) is 0 Å². The van der Waals surface area contributed by atoms with E-state index in [0.29, 0.717) is 17.5 Å². The number of rotatable bonds is 6. The third-order valence-corrected chi connectivity index (χ3v) is 11.9. The first-order valence-corrected chi connectivity index (χ1v) is 19.9. The van der Waals surface area contributed by atoms with Gasteiger partial charge < -0.3 is 0 Å². The Kier molecular flexibility index (Phi) is 7.97. The van der Waals surface area contributed by atoms with E-state index in [1.54, 1.807) is 0 Å². The Morgan fingerprint density at radius 1 is 0.298 bits per heavy atom. The van der Waals surface area contributed by atoms with Crippen molar-refractivity contribution in [3.8, 4) is 67.7 Å². The lowest BCUT2D eigenvalue weighted by Gasteiger charge is -2.13. The van der Waals surface area contributed by atoms with Crippen LogP contribution in [0.15, 0.2) is 194 Å². The Morgan fingerprint density at radius 2 is 0.807 bits per heavy atom. The molecule has 0 saturated carbocycles. The lowest BCUT2D eigenvalue weighted by Crippen LogP contribution is -2.00. The van der Waals surface area contributed by atoms with E-state index in [-0.39, 0.29) is 0 Å².